The van der Waals surface area contributed by atoms with Gasteiger partial charge in [0, 0.05) is 13.8 Å². The summed E-state index contributed by atoms with van der Waals surface area (Å²) in [7, 11) is 1.15. The van der Waals surface area contributed by atoms with Crippen LogP contribution in [0.5, 0.6) is 0 Å². The van der Waals surface area contributed by atoms with Gasteiger partial charge in [-0.15, -0.1) is 11.3 Å². The lowest BCUT2D eigenvalue weighted by Crippen LogP contribution is -2.36. The lowest BCUT2D eigenvalue weighted by Gasteiger charge is -2.22. The van der Waals surface area contributed by atoms with Crippen molar-refractivity contribution in [1.29, 1.82) is 0 Å². The van der Waals surface area contributed by atoms with Crippen LogP contribution < -0.4 is 0 Å². The van der Waals surface area contributed by atoms with Crippen molar-refractivity contribution in [2.45, 2.75) is 26.1 Å². The van der Waals surface area contributed by atoms with Crippen molar-refractivity contribution in [1.82, 2.24) is 4.98 Å². The fourth-order valence-corrected chi connectivity index (χ4v) is 2.98. The van der Waals surface area contributed by atoms with Gasteiger partial charge < -0.3 is 14.2 Å². The number of carbonyl (C=O) groups excluding carboxylic acids is 3. The highest BCUT2D eigenvalue weighted by Gasteiger charge is 2.38. The van der Waals surface area contributed by atoms with E-state index < -0.39 is 30.1 Å². The molecule has 2 rings (SSSR count). The number of hydrogen-bond donors (Lipinski definition) is 0. The number of thiazole rings is 1. The molecule has 0 aliphatic heterocycles. The molecule has 0 saturated heterocycles. The van der Waals surface area contributed by atoms with E-state index in [0.29, 0.717) is 10.5 Å². The third kappa shape index (κ3) is 4.04. The standard InChI is InChI=1S/C15H15NO6S/c1-8(17)21-12(13(15(19)20-3)22-9(2)18)14-16-10-6-4-5-7-11(10)23-14/h4-7,12-13H,1-3H3/t12-,13+/m1/s1. The number of nitrogens with zero attached hydrogens (tertiary/aromatic N) is 1. The molecule has 0 aliphatic carbocycles. The van der Waals surface area contributed by atoms with Gasteiger partial charge in [0.25, 0.3) is 0 Å². The highest BCUT2D eigenvalue weighted by molar-refractivity contribution is 7.18. The summed E-state index contributed by atoms with van der Waals surface area (Å²) in [5.41, 5.74) is 0.691. The summed E-state index contributed by atoms with van der Waals surface area (Å²) in [6.45, 7) is 2.35. The first-order valence-corrected chi connectivity index (χ1v) is 7.51. The summed E-state index contributed by atoms with van der Waals surface area (Å²) in [6.07, 6.45) is -2.58. The molecule has 1 aromatic carbocycles. The lowest BCUT2D eigenvalue weighted by molar-refractivity contribution is -0.180. The van der Waals surface area contributed by atoms with Crippen LogP contribution in [0.15, 0.2) is 24.3 Å². The Labute approximate surface area is 136 Å². The number of benzene rings is 1. The van der Waals surface area contributed by atoms with E-state index in [0.717, 1.165) is 18.7 Å². The third-order valence-electron chi connectivity index (χ3n) is 2.85. The maximum atomic E-state index is 11.9. The minimum Gasteiger partial charge on any atom is -0.466 e. The van der Waals surface area contributed by atoms with Crippen molar-refractivity contribution in [3.63, 3.8) is 0 Å². The highest BCUT2D eigenvalue weighted by atomic mass is 32.1. The van der Waals surface area contributed by atoms with Crippen molar-refractivity contribution in [3.05, 3.63) is 29.3 Å². The molecule has 1 heterocycles. The molecule has 8 heteroatoms. The molecule has 2 atom stereocenters. The smallest absolute Gasteiger partial charge is 0.351 e. The van der Waals surface area contributed by atoms with Crippen LogP contribution >= 0.6 is 11.3 Å². The number of hydrogen-bond acceptors (Lipinski definition) is 8. The van der Waals surface area contributed by atoms with Crippen LogP contribution in [0.3, 0.4) is 0 Å². The number of aromatic nitrogens is 1. The highest BCUT2D eigenvalue weighted by Crippen LogP contribution is 2.32. The Bertz CT molecular complexity index is 707. The summed E-state index contributed by atoms with van der Waals surface area (Å²) in [5.74, 6) is -2.15. The average molecular weight is 337 g/mol. The van der Waals surface area contributed by atoms with E-state index >= 15 is 0 Å². The molecule has 0 amide bonds. The van der Waals surface area contributed by atoms with Crippen LogP contribution in [0.1, 0.15) is 25.0 Å². The van der Waals surface area contributed by atoms with E-state index in [2.05, 4.69) is 9.72 Å². The number of esters is 3. The minimum atomic E-state index is -1.41. The van der Waals surface area contributed by atoms with Gasteiger partial charge in [0.1, 0.15) is 5.01 Å². The second-order valence-corrected chi connectivity index (χ2v) is 5.67. The van der Waals surface area contributed by atoms with Crippen LogP contribution in [0.4, 0.5) is 0 Å². The maximum absolute atomic E-state index is 11.9. The molecular weight excluding hydrogens is 322 g/mol. The molecule has 1 aromatic heterocycles. The quantitative estimate of drug-likeness (QED) is 0.608. The average Bonchev–Trinajstić information content (AvgIpc) is 2.93. The van der Waals surface area contributed by atoms with Gasteiger partial charge >= 0.3 is 17.9 Å². The Morgan fingerprint density at radius 1 is 1.09 bits per heavy atom. The zero-order valence-electron chi connectivity index (χ0n) is 12.8. The molecule has 0 spiro atoms. The van der Waals surface area contributed by atoms with E-state index in [1.165, 1.54) is 18.3 Å². The molecular formula is C15H15NO6S. The fraction of sp³-hybridized carbons (Fsp3) is 0.333. The normalized spacial score (nSPS) is 13.2. The second-order valence-electron chi connectivity index (χ2n) is 4.60. The zero-order valence-corrected chi connectivity index (χ0v) is 13.6. The predicted molar refractivity (Wildman–Crippen MR) is 81.7 cm³/mol. The molecule has 0 unspecified atom stereocenters. The van der Waals surface area contributed by atoms with Crippen molar-refractivity contribution >= 4 is 39.5 Å². The number of ether oxygens (including phenoxy) is 3. The Morgan fingerprint density at radius 3 is 2.30 bits per heavy atom. The largest absolute Gasteiger partial charge is 0.466 e. The fourth-order valence-electron chi connectivity index (χ4n) is 1.96. The first-order chi connectivity index (χ1) is 10.9. The predicted octanol–water partition coefficient (Wildman–Crippen LogP) is 2.01. The van der Waals surface area contributed by atoms with Gasteiger partial charge in [-0.1, -0.05) is 12.1 Å². The number of fused-ring (bicyclic) bond motifs is 1. The molecule has 0 aliphatic rings. The van der Waals surface area contributed by atoms with Crippen molar-refractivity contribution in [3.8, 4) is 0 Å². The van der Waals surface area contributed by atoms with Gasteiger partial charge in [0.15, 0.2) is 0 Å². The van der Waals surface area contributed by atoms with E-state index in [9.17, 15) is 14.4 Å². The van der Waals surface area contributed by atoms with Crippen LogP contribution in [0, 0.1) is 0 Å². The molecule has 7 nitrogen and oxygen atoms in total. The zero-order chi connectivity index (χ0) is 17.0. The monoisotopic (exact) mass is 337 g/mol. The van der Waals surface area contributed by atoms with E-state index in [-0.39, 0.29) is 0 Å². The Morgan fingerprint density at radius 2 is 1.74 bits per heavy atom. The van der Waals surface area contributed by atoms with E-state index in [4.69, 9.17) is 9.47 Å². The van der Waals surface area contributed by atoms with Crippen molar-refractivity contribution in [2.24, 2.45) is 0 Å². The number of rotatable bonds is 5. The summed E-state index contributed by atoms with van der Waals surface area (Å²) >= 11 is 1.24. The maximum Gasteiger partial charge on any atom is 0.351 e. The van der Waals surface area contributed by atoms with Crippen LogP contribution in [-0.2, 0) is 28.6 Å². The second kappa shape index (κ2) is 7.19. The van der Waals surface area contributed by atoms with Crippen molar-refractivity contribution in [2.75, 3.05) is 7.11 Å². The Balaban J connectivity index is 2.46. The van der Waals surface area contributed by atoms with E-state index in [1.807, 2.05) is 18.2 Å². The van der Waals surface area contributed by atoms with E-state index in [1.54, 1.807) is 6.07 Å². The molecule has 23 heavy (non-hydrogen) atoms. The molecule has 0 saturated carbocycles. The molecule has 0 N–H and O–H groups in total. The lowest BCUT2D eigenvalue weighted by atomic mass is 10.2. The van der Waals surface area contributed by atoms with Crippen molar-refractivity contribution < 1.29 is 28.6 Å². The third-order valence-corrected chi connectivity index (χ3v) is 3.95. The summed E-state index contributed by atoms with van der Waals surface area (Å²) in [5, 5.41) is 0.345. The SMILES string of the molecule is COC(=O)[C@@H](OC(C)=O)[C@@H](OC(C)=O)c1nc2ccccc2s1. The summed E-state index contributed by atoms with van der Waals surface area (Å²) in [6, 6.07) is 7.30. The molecule has 0 bridgehead atoms. The Hall–Kier alpha value is -2.48. The first kappa shape index (κ1) is 16.9. The number of carbonyl (C=O) groups is 3. The van der Waals surface area contributed by atoms with Gasteiger partial charge in [-0.05, 0) is 12.1 Å². The van der Waals surface area contributed by atoms with Gasteiger partial charge in [0.2, 0.25) is 12.2 Å². The summed E-state index contributed by atoms with van der Waals surface area (Å²) < 4.78 is 15.7. The van der Waals surface area contributed by atoms with Crippen LogP contribution in [0.2, 0.25) is 0 Å². The molecule has 122 valence electrons. The topological polar surface area (TPSA) is 91.8 Å². The van der Waals surface area contributed by atoms with Crippen LogP contribution in [-0.4, -0.2) is 36.1 Å². The summed E-state index contributed by atoms with van der Waals surface area (Å²) in [4.78, 5) is 39.0. The van der Waals surface area contributed by atoms with Crippen LogP contribution in [0.25, 0.3) is 10.2 Å². The van der Waals surface area contributed by atoms with Gasteiger partial charge in [-0.3, -0.25) is 9.59 Å². The van der Waals surface area contributed by atoms with Gasteiger partial charge in [0.05, 0.1) is 17.3 Å². The van der Waals surface area contributed by atoms with Gasteiger partial charge in [-0.2, -0.15) is 0 Å². The first-order valence-electron chi connectivity index (χ1n) is 6.70. The minimum absolute atomic E-state index is 0.345. The Kier molecular flexibility index (Phi) is 5.28. The number of methoxy groups -OCH3 is 1. The molecule has 0 fully saturated rings. The molecule has 0 radical (unpaired) electrons. The number of para-hydroxylation sites is 1. The molecule has 2 aromatic rings. The van der Waals surface area contributed by atoms with Gasteiger partial charge in [-0.25, -0.2) is 9.78 Å².